The number of aliphatic hydroxyl groups excluding tert-OH is 1. The fourth-order valence-electron chi connectivity index (χ4n) is 1.63. The van der Waals surface area contributed by atoms with Gasteiger partial charge in [0.1, 0.15) is 0 Å². The number of nitro groups is 1. The third-order valence-electron chi connectivity index (χ3n) is 2.86. The first-order valence-electron chi connectivity index (χ1n) is 5.89. The predicted octanol–water partition coefficient (Wildman–Crippen LogP) is 3.04. The maximum absolute atomic E-state index is 12.9. The molecule has 1 atom stereocenters. The van der Waals surface area contributed by atoms with Crippen LogP contribution in [0.2, 0.25) is 0 Å². The van der Waals surface area contributed by atoms with E-state index in [2.05, 4.69) is 5.32 Å². The van der Waals surface area contributed by atoms with Gasteiger partial charge in [0.2, 0.25) is 0 Å². The van der Waals surface area contributed by atoms with E-state index in [1.165, 1.54) is 0 Å². The second-order valence-corrected chi connectivity index (χ2v) is 4.66. The first-order valence-corrected chi connectivity index (χ1v) is 5.89. The summed E-state index contributed by atoms with van der Waals surface area (Å²) in [6, 6.07) is 1.91. The average molecular weight is 292 g/mol. The molecular formula is C12H15F3N2O3. The van der Waals surface area contributed by atoms with Gasteiger partial charge in [0.25, 0.3) is 5.69 Å². The van der Waals surface area contributed by atoms with Crippen LogP contribution in [0, 0.1) is 16.0 Å². The molecule has 0 aromatic heterocycles. The van der Waals surface area contributed by atoms with Gasteiger partial charge in [0, 0.05) is 17.8 Å². The van der Waals surface area contributed by atoms with Gasteiger partial charge in [-0.2, -0.15) is 13.2 Å². The van der Waals surface area contributed by atoms with Crippen molar-refractivity contribution in [1.29, 1.82) is 0 Å². The Labute approximate surface area is 113 Å². The zero-order valence-electron chi connectivity index (χ0n) is 10.9. The lowest BCUT2D eigenvalue weighted by molar-refractivity contribution is -0.385. The Morgan fingerprint density at radius 1 is 1.40 bits per heavy atom. The molecule has 5 nitrogen and oxygen atoms in total. The lowest BCUT2D eigenvalue weighted by Crippen LogP contribution is -2.30. The molecular weight excluding hydrogens is 277 g/mol. The maximum Gasteiger partial charge on any atom is 0.418 e. The van der Waals surface area contributed by atoms with Gasteiger partial charge in [-0.15, -0.1) is 0 Å². The molecule has 0 fully saturated rings. The number of nitrogens with one attached hydrogen (secondary N) is 1. The quantitative estimate of drug-likeness (QED) is 0.646. The summed E-state index contributed by atoms with van der Waals surface area (Å²) in [5, 5.41) is 22.3. The van der Waals surface area contributed by atoms with Gasteiger partial charge in [-0.05, 0) is 12.0 Å². The lowest BCUT2D eigenvalue weighted by Gasteiger charge is -2.23. The number of benzene rings is 1. The molecule has 0 spiro atoms. The van der Waals surface area contributed by atoms with Gasteiger partial charge >= 0.3 is 6.18 Å². The fourth-order valence-corrected chi connectivity index (χ4v) is 1.63. The first-order chi connectivity index (χ1) is 9.16. The van der Waals surface area contributed by atoms with Gasteiger partial charge in [-0.1, -0.05) is 13.8 Å². The van der Waals surface area contributed by atoms with Gasteiger partial charge in [-0.25, -0.2) is 0 Å². The van der Waals surface area contributed by atoms with Crippen LogP contribution in [0.15, 0.2) is 18.2 Å². The summed E-state index contributed by atoms with van der Waals surface area (Å²) in [6.45, 7) is 3.14. The van der Waals surface area contributed by atoms with Crippen LogP contribution in [0.25, 0.3) is 0 Å². The summed E-state index contributed by atoms with van der Waals surface area (Å²) in [6.07, 6.45) is -4.72. The molecule has 1 aromatic rings. The van der Waals surface area contributed by atoms with Crippen LogP contribution in [0.1, 0.15) is 19.4 Å². The molecule has 8 heteroatoms. The fraction of sp³-hybridized carbons (Fsp3) is 0.500. The number of hydrogen-bond acceptors (Lipinski definition) is 4. The van der Waals surface area contributed by atoms with Crippen LogP contribution in [-0.4, -0.2) is 22.7 Å². The van der Waals surface area contributed by atoms with Crippen molar-refractivity contribution in [2.75, 3.05) is 11.9 Å². The van der Waals surface area contributed by atoms with Gasteiger partial charge in [-0.3, -0.25) is 10.1 Å². The van der Waals surface area contributed by atoms with Crippen LogP contribution in [-0.2, 0) is 6.18 Å². The summed E-state index contributed by atoms with van der Waals surface area (Å²) >= 11 is 0. The van der Waals surface area contributed by atoms with Crippen molar-refractivity contribution >= 4 is 11.4 Å². The monoisotopic (exact) mass is 292 g/mol. The van der Waals surface area contributed by atoms with Crippen LogP contribution in [0.4, 0.5) is 24.5 Å². The topological polar surface area (TPSA) is 75.4 Å². The normalized spacial score (nSPS) is 13.3. The third kappa shape index (κ3) is 3.83. The van der Waals surface area contributed by atoms with E-state index in [-0.39, 0.29) is 18.2 Å². The molecule has 20 heavy (non-hydrogen) atoms. The average Bonchev–Trinajstić information content (AvgIpc) is 2.34. The van der Waals surface area contributed by atoms with E-state index in [1.54, 1.807) is 13.8 Å². The Kier molecular flexibility index (Phi) is 4.93. The molecule has 0 unspecified atom stereocenters. The van der Waals surface area contributed by atoms with Crippen molar-refractivity contribution in [2.24, 2.45) is 5.92 Å². The Balaban J connectivity index is 3.22. The van der Waals surface area contributed by atoms with E-state index in [9.17, 15) is 23.3 Å². The Morgan fingerprint density at radius 2 is 2.00 bits per heavy atom. The van der Waals surface area contributed by atoms with Crippen molar-refractivity contribution in [3.63, 3.8) is 0 Å². The molecule has 0 bridgehead atoms. The minimum Gasteiger partial charge on any atom is -0.394 e. The van der Waals surface area contributed by atoms with Crippen molar-refractivity contribution in [3.05, 3.63) is 33.9 Å². The highest BCUT2D eigenvalue weighted by Crippen LogP contribution is 2.37. The first kappa shape index (κ1) is 16.2. The largest absolute Gasteiger partial charge is 0.418 e. The zero-order valence-corrected chi connectivity index (χ0v) is 10.9. The van der Waals surface area contributed by atoms with Gasteiger partial charge in [0.05, 0.1) is 23.1 Å². The number of nitro benzene ring substituents is 1. The van der Waals surface area contributed by atoms with Crippen molar-refractivity contribution in [2.45, 2.75) is 26.1 Å². The second-order valence-electron chi connectivity index (χ2n) is 4.66. The molecule has 0 aliphatic carbocycles. The van der Waals surface area contributed by atoms with Crippen molar-refractivity contribution < 1.29 is 23.2 Å². The molecule has 112 valence electrons. The van der Waals surface area contributed by atoms with Crippen LogP contribution in [0.5, 0.6) is 0 Å². The van der Waals surface area contributed by atoms with Gasteiger partial charge in [0.15, 0.2) is 0 Å². The second kappa shape index (κ2) is 6.08. The highest BCUT2D eigenvalue weighted by molar-refractivity contribution is 5.58. The zero-order chi connectivity index (χ0) is 15.5. The number of anilines is 1. The van der Waals surface area contributed by atoms with Crippen LogP contribution in [0.3, 0.4) is 0 Å². The maximum atomic E-state index is 12.9. The Bertz CT molecular complexity index is 489. The number of nitrogens with zero attached hydrogens (tertiary/aromatic N) is 1. The van der Waals surface area contributed by atoms with Crippen LogP contribution < -0.4 is 5.32 Å². The van der Waals surface area contributed by atoms with E-state index in [4.69, 9.17) is 5.11 Å². The van der Waals surface area contributed by atoms with Crippen molar-refractivity contribution in [3.8, 4) is 0 Å². The molecule has 0 saturated heterocycles. The number of aliphatic hydroxyl groups is 1. The number of rotatable bonds is 5. The minimum absolute atomic E-state index is 0.101. The summed E-state index contributed by atoms with van der Waals surface area (Å²) < 4.78 is 38.8. The number of alkyl halides is 3. The van der Waals surface area contributed by atoms with Gasteiger partial charge < -0.3 is 10.4 Å². The standard InChI is InChI=1S/C12H15F3N2O3/c1-7(2)11(6-18)16-10-4-3-8(17(19)20)5-9(10)12(13,14)15/h3-5,7,11,16,18H,6H2,1-2H3/t11-/m1/s1. The number of halogens is 3. The molecule has 0 aliphatic heterocycles. The Morgan fingerprint density at radius 3 is 2.40 bits per heavy atom. The molecule has 2 N–H and O–H groups in total. The van der Waals surface area contributed by atoms with Crippen molar-refractivity contribution in [1.82, 2.24) is 0 Å². The molecule has 0 aliphatic rings. The molecule has 0 saturated carbocycles. The summed E-state index contributed by atoms with van der Waals surface area (Å²) in [5.41, 5.74) is -2.03. The summed E-state index contributed by atoms with van der Waals surface area (Å²) in [4.78, 5) is 9.67. The van der Waals surface area contributed by atoms with E-state index in [1.807, 2.05) is 0 Å². The van der Waals surface area contributed by atoms with E-state index >= 15 is 0 Å². The molecule has 1 rings (SSSR count). The highest BCUT2D eigenvalue weighted by atomic mass is 19.4. The van der Waals surface area contributed by atoms with E-state index < -0.39 is 28.4 Å². The lowest BCUT2D eigenvalue weighted by atomic mass is 10.0. The van der Waals surface area contributed by atoms with E-state index in [0.29, 0.717) is 6.07 Å². The van der Waals surface area contributed by atoms with Crippen LogP contribution >= 0.6 is 0 Å². The summed E-state index contributed by atoms with van der Waals surface area (Å²) in [5.74, 6) is -0.101. The highest BCUT2D eigenvalue weighted by Gasteiger charge is 2.35. The molecule has 0 amide bonds. The molecule has 0 radical (unpaired) electrons. The number of non-ortho nitro benzene ring substituents is 1. The summed E-state index contributed by atoms with van der Waals surface area (Å²) in [7, 11) is 0. The Hall–Kier alpha value is -1.83. The molecule has 1 aromatic carbocycles. The molecule has 0 heterocycles. The number of hydrogen-bond donors (Lipinski definition) is 2. The SMILES string of the molecule is CC(C)[C@@H](CO)Nc1ccc([N+](=O)[O-])cc1C(F)(F)F. The third-order valence-corrected chi connectivity index (χ3v) is 2.86. The smallest absolute Gasteiger partial charge is 0.394 e. The minimum atomic E-state index is -4.72. The predicted molar refractivity (Wildman–Crippen MR) is 67.4 cm³/mol. The van der Waals surface area contributed by atoms with E-state index in [0.717, 1.165) is 12.1 Å².